The van der Waals surface area contributed by atoms with Crippen LogP contribution >= 0.6 is 0 Å². The maximum absolute atomic E-state index is 3.50. The average Bonchev–Trinajstić information content (AvgIpc) is 2.87. The summed E-state index contributed by atoms with van der Waals surface area (Å²) in [5.74, 6) is 0. The van der Waals surface area contributed by atoms with E-state index in [1.165, 1.54) is 19.3 Å². The fraction of sp³-hybridized carbons (Fsp3) is 1.00. The van der Waals surface area contributed by atoms with E-state index >= 15 is 0 Å². The van der Waals surface area contributed by atoms with Crippen molar-refractivity contribution in [1.82, 2.24) is 10.6 Å². The molecule has 0 heterocycles. The molecule has 0 bridgehead atoms. The van der Waals surface area contributed by atoms with E-state index in [2.05, 4.69) is 31.4 Å². The van der Waals surface area contributed by atoms with E-state index in [-0.39, 0.29) is 0 Å². The molecule has 0 spiro atoms. The first-order valence-corrected chi connectivity index (χ1v) is 5.58. The fourth-order valence-corrected chi connectivity index (χ4v) is 1.20. The van der Waals surface area contributed by atoms with Crippen molar-refractivity contribution in [3.63, 3.8) is 0 Å². The number of hydrogen-bond donors (Lipinski definition) is 2. The summed E-state index contributed by atoms with van der Waals surface area (Å²) in [5.41, 5.74) is 0.458. The van der Waals surface area contributed by atoms with E-state index < -0.39 is 0 Å². The third-order valence-corrected chi connectivity index (χ3v) is 2.87. The summed E-state index contributed by atoms with van der Waals surface area (Å²) >= 11 is 0. The zero-order valence-electron chi connectivity index (χ0n) is 9.32. The van der Waals surface area contributed by atoms with Crippen molar-refractivity contribution in [2.45, 2.75) is 46.1 Å². The fourth-order valence-electron chi connectivity index (χ4n) is 1.20. The third-order valence-electron chi connectivity index (χ3n) is 2.87. The van der Waals surface area contributed by atoms with Crippen LogP contribution in [0.2, 0.25) is 0 Å². The van der Waals surface area contributed by atoms with Crippen LogP contribution in [-0.4, -0.2) is 25.7 Å². The molecule has 0 atom stereocenters. The van der Waals surface area contributed by atoms with Gasteiger partial charge in [0.2, 0.25) is 0 Å². The van der Waals surface area contributed by atoms with E-state index in [9.17, 15) is 0 Å². The molecule has 0 aromatic carbocycles. The van der Waals surface area contributed by atoms with Crippen LogP contribution in [0, 0.1) is 5.41 Å². The minimum atomic E-state index is 0.458. The van der Waals surface area contributed by atoms with Gasteiger partial charge in [-0.3, -0.25) is 0 Å². The van der Waals surface area contributed by atoms with Crippen LogP contribution in [0.4, 0.5) is 0 Å². The normalized spacial score (nSPS) is 17.8. The molecule has 1 aliphatic carbocycles. The van der Waals surface area contributed by atoms with Gasteiger partial charge in [-0.25, -0.2) is 0 Å². The Kier molecular flexibility index (Phi) is 4.20. The maximum atomic E-state index is 3.50. The lowest BCUT2D eigenvalue weighted by Crippen LogP contribution is -2.34. The second kappa shape index (κ2) is 4.97. The summed E-state index contributed by atoms with van der Waals surface area (Å²) in [6.07, 6.45) is 4.02. The van der Waals surface area contributed by atoms with Crippen molar-refractivity contribution in [2.75, 3.05) is 19.6 Å². The first kappa shape index (κ1) is 11.0. The Morgan fingerprint density at radius 1 is 1.23 bits per heavy atom. The Morgan fingerprint density at radius 2 is 1.92 bits per heavy atom. The summed E-state index contributed by atoms with van der Waals surface area (Å²) in [4.78, 5) is 0. The highest BCUT2D eigenvalue weighted by atomic mass is 15.0. The summed E-state index contributed by atoms with van der Waals surface area (Å²) in [7, 11) is 0. The van der Waals surface area contributed by atoms with Gasteiger partial charge in [0, 0.05) is 25.7 Å². The lowest BCUT2D eigenvalue weighted by atomic mass is 9.90. The highest BCUT2D eigenvalue weighted by molar-refractivity contribution is 4.81. The van der Waals surface area contributed by atoms with E-state index in [0.29, 0.717) is 5.41 Å². The summed E-state index contributed by atoms with van der Waals surface area (Å²) in [6, 6.07) is 0.848. The maximum Gasteiger partial charge on any atom is 0.00793 e. The van der Waals surface area contributed by atoms with Gasteiger partial charge >= 0.3 is 0 Å². The molecule has 0 aromatic rings. The summed E-state index contributed by atoms with van der Waals surface area (Å²) in [5, 5.41) is 7.00. The quantitative estimate of drug-likeness (QED) is 0.589. The van der Waals surface area contributed by atoms with Gasteiger partial charge < -0.3 is 10.6 Å². The predicted molar refractivity (Wildman–Crippen MR) is 58.0 cm³/mol. The van der Waals surface area contributed by atoms with E-state index in [1.54, 1.807) is 0 Å². The molecule has 13 heavy (non-hydrogen) atoms. The molecule has 0 amide bonds. The van der Waals surface area contributed by atoms with Crippen LogP contribution in [0.3, 0.4) is 0 Å². The predicted octanol–water partition coefficient (Wildman–Crippen LogP) is 1.76. The van der Waals surface area contributed by atoms with Crippen LogP contribution < -0.4 is 10.6 Å². The third kappa shape index (κ3) is 5.27. The Labute approximate surface area is 82.5 Å². The van der Waals surface area contributed by atoms with Crippen LogP contribution in [0.25, 0.3) is 0 Å². The lowest BCUT2D eigenvalue weighted by Gasteiger charge is -2.22. The molecule has 0 aliphatic heterocycles. The molecule has 1 aliphatic rings. The van der Waals surface area contributed by atoms with Gasteiger partial charge in [0.25, 0.3) is 0 Å². The van der Waals surface area contributed by atoms with Crippen LogP contribution in [-0.2, 0) is 0 Å². The molecular formula is C11H24N2. The Balaban J connectivity index is 1.87. The van der Waals surface area contributed by atoms with Gasteiger partial charge in [-0.2, -0.15) is 0 Å². The molecular weight excluding hydrogens is 160 g/mol. The first-order chi connectivity index (χ1) is 6.14. The Bertz CT molecular complexity index is 139. The molecule has 2 nitrogen and oxygen atoms in total. The standard InChI is InChI=1S/C11H24N2/c1-4-11(2,3)9-12-7-8-13-10-5-6-10/h10,12-13H,4-9H2,1-3H3. The van der Waals surface area contributed by atoms with Crippen LogP contribution in [0.15, 0.2) is 0 Å². The van der Waals surface area contributed by atoms with Gasteiger partial charge in [0.15, 0.2) is 0 Å². The van der Waals surface area contributed by atoms with Crippen molar-refractivity contribution in [2.24, 2.45) is 5.41 Å². The second-order valence-electron chi connectivity index (χ2n) is 4.92. The van der Waals surface area contributed by atoms with E-state index in [1.807, 2.05) is 0 Å². The molecule has 1 rings (SSSR count). The monoisotopic (exact) mass is 184 g/mol. The summed E-state index contributed by atoms with van der Waals surface area (Å²) in [6.45, 7) is 10.3. The Morgan fingerprint density at radius 3 is 2.46 bits per heavy atom. The van der Waals surface area contributed by atoms with Crippen LogP contribution in [0.5, 0.6) is 0 Å². The van der Waals surface area contributed by atoms with E-state index in [4.69, 9.17) is 0 Å². The minimum absolute atomic E-state index is 0.458. The van der Waals surface area contributed by atoms with Gasteiger partial charge in [0.05, 0.1) is 0 Å². The smallest absolute Gasteiger partial charge is 0.00793 e. The Hall–Kier alpha value is -0.0800. The summed E-state index contributed by atoms with van der Waals surface area (Å²) < 4.78 is 0. The minimum Gasteiger partial charge on any atom is -0.315 e. The van der Waals surface area contributed by atoms with Crippen molar-refractivity contribution in [3.8, 4) is 0 Å². The molecule has 0 saturated heterocycles. The lowest BCUT2D eigenvalue weighted by molar-refractivity contribution is 0.328. The molecule has 2 heteroatoms. The van der Waals surface area contributed by atoms with Gasteiger partial charge in [-0.05, 0) is 24.7 Å². The molecule has 0 radical (unpaired) electrons. The van der Waals surface area contributed by atoms with Crippen molar-refractivity contribution in [1.29, 1.82) is 0 Å². The second-order valence-corrected chi connectivity index (χ2v) is 4.92. The van der Waals surface area contributed by atoms with E-state index in [0.717, 1.165) is 25.7 Å². The average molecular weight is 184 g/mol. The number of rotatable bonds is 7. The topological polar surface area (TPSA) is 24.1 Å². The number of hydrogen-bond acceptors (Lipinski definition) is 2. The zero-order valence-corrected chi connectivity index (χ0v) is 9.32. The van der Waals surface area contributed by atoms with Gasteiger partial charge in [-0.15, -0.1) is 0 Å². The van der Waals surface area contributed by atoms with Crippen molar-refractivity contribution < 1.29 is 0 Å². The molecule has 78 valence electrons. The first-order valence-electron chi connectivity index (χ1n) is 5.58. The molecule has 1 saturated carbocycles. The highest BCUT2D eigenvalue weighted by Gasteiger charge is 2.19. The van der Waals surface area contributed by atoms with Gasteiger partial charge in [0.1, 0.15) is 0 Å². The van der Waals surface area contributed by atoms with Crippen LogP contribution in [0.1, 0.15) is 40.0 Å². The van der Waals surface area contributed by atoms with Gasteiger partial charge in [-0.1, -0.05) is 20.8 Å². The zero-order chi connectivity index (χ0) is 9.73. The largest absolute Gasteiger partial charge is 0.315 e. The number of nitrogens with one attached hydrogen (secondary N) is 2. The van der Waals surface area contributed by atoms with Crippen molar-refractivity contribution in [3.05, 3.63) is 0 Å². The molecule has 2 N–H and O–H groups in total. The molecule has 0 unspecified atom stereocenters. The molecule has 0 aromatic heterocycles. The molecule has 1 fully saturated rings. The highest BCUT2D eigenvalue weighted by Crippen LogP contribution is 2.18. The SMILES string of the molecule is CCC(C)(C)CNCCNC1CC1. The van der Waals surface area contributed by atoms with Crippen molar-refractivity contribution >= 4 is 0 Å².